The van der Waals surface area contributed by atoms with Crippen molar-refractivity contribution >= 4 is 28.3 Å². The van der Waals surface area contributed by atoms with Gasteiger partial charge in [0.15, 0.2) is 0 Å². The Kier molecular flexibility index (Phi) is 6.25. The number of nitrogens with two attached hydrogens (primary N) is 1. The molecule has 0 aliphatic carbocycles. The summed E-state index contributed by atoms with van der Waals surface area (Å²) in [6.45, 7) is 10.4. The molecule has 1 aliphatic rings. The molecule has 4 N–H and O–H groups in total. The van der Waals surface area contributed by atoms with Gasteiger partial charge in [-0.3, -0.25) is 0 Å². The van der Waals surface area contributed by atoms with E-state index in [-0.39, 0.29) is 0 Å². The van der Waals surface area contributed by atoms with Gasteiger partial charge in [-0.05, 0) is 68.8 Å². The van der Waals surface area contributed by atoms with Crippen molar-refractivity contribution < 1.29 is 0 Å². The molecule has 0 radical (unpaired) electrons. The lowest BCUT2D eigenvalue weighted by atomic mass is 10.1. The minimum absolute atomic E-state index is 0.404. The molecule has 1 saturated heterocycles. The lowest BCUT2D eigenvalue weighted by Gasteiger charge is -2.22. The number of anilines is 1. The molecule has 0 saturated carbocycles. The van der Waals surface area contributed by atoms with Crippen LogP contribution in [0.3, 0.4) is 0 Å². The lowest BCUT2D eigenvalue weighted by Crippen LogP contribution is -2.26. The summed E-state index contributed by atoms with van der Waals surface area (Å²) < 4.78 is 2.06. The van der Waals surface area contributed by atoms with Crippen LogP contribution < -0.4 is 16.0 Å². The van der Waals surface area contributed by atoms with Crippen molar-refractivity contribution in [2.75, 3.05) is 18.0 Å². The SMILES string of the molecule is C=C(N)c1ccc2c(c1)nc(-c1ccc(N3CCCC3C)nc1)n2CC(=N)/C=C\NCC. The standard InChI is InChI=1S/C25H31N7/c1-4-28-12-11-21(27)16-32-23-9-7-19(18(3)26)14-22(23)30-25(32)20-8-10-24(29-15-20)31-13-5-6-17(31)2/h7-12,14-15,17,27-28H,3-6,13,16,26H2,1-2H3/b12-11-,27-21?. The lowest BCUT2D eigenvalue weighted by molar-refractivity contribution is 0.727. The first-order valence-electron chi connectivity index (χ1n) is 11.1. The highest BCUT2D eigenvalue weighted by molar-refractivity contribution is 5.94. The van der Waals surface area contributed by atoms with E-state index in [0.29, 0.717) is 24.0 Å². The maximum atomic E-state index is 8.43. The summed E-state index contributed by atoms with van der Waals surface area (Å²) in [6.07, 6.45) is 7.89. The third kappa shape index (κ3) is 4.37. The third-order valence-corrected chi connectivity index (χ3v) is 5.91. The molecule has 4 rings (SSSR count). The molecule has 0 bridgehead atoms. The van der Waals surface area contributed by atoms with E-state index in [1.54, 1.807) is 6.08 Å². The van der Waals surface area contributed by atoms with Crippen LogP contribution in [0.15, 0.2) is 55.4 Å². The molecular weight excluding hydrogens is 398 g/mol. The molecular formula is C25H31N7. The largest absolute Gasteiger partial charge is 0.399 e. The molecule has 1 fully saturated rings. The van der Waals surface area contributed by atoms with Crippen LogP contribution in [0.25, 0.3) is 28.1 Å². The summed E-state index contributed by atoms with van der Waals surface area (Å²) in [5, 5.41) is 11.5. The molecule has 3 heterocycles. The fourth-order valence-corrected chi connectivity index (χ4v) is 4.17. The van der Waals surface area contributed by atoms with E-state index in [4.69, 9.17) is 21.1 Å². The molecule has 0 spiro atoms. The molecule has 1 aliphatic heterocycles. The molecule has 1 atom stereocenters. The van der Waals surface area contributed by atoms with Gasteiger partial charge >= 0.3 is 0 Å². The number of hydrogen-bond acceptors (Lipinski definition) is 6. The monoisotopic (exact) mass is 429 g/mol. The zero-order valence-corrected chi connectivity index (χ0v) is 18.8. The first kappa shape index (κ1) is 21.6. The van der Waals surface area contributed by atoms with Crippen molar-refractivity contribution in [3.8, 4) is 11.4 Å². The second-order valence-electron chi connectivity index (χ2n) is 8.26. The molecule has 7 heteroatoms. The highest BCUT2D eigenvalue weighted by Crippen LogP contribution is 2.29. The Hall–Kier alpha value is -3.61. The van der Waals surface area contributed by atoms with Gasteiger partial charge in [0, 0.05) is 36.6 Å². The molecule has 1 unspecified atom stereocenters. The molecule has 2 aromatic heterocycles. The number of nitrogens with one attached hydrogen (secondary N) is 2. The average Bonchev–Trinajstić information content (AvgIpc) is 3.37. The minimum Gasteiger partial charge on any atom is -0.399 e. The molecule has 166 valence electrons. The first-order chi connectivity index (χ1) is 15.5. The van der Waals surface area contributed by atoms with E-state index in [0.717, 1.165) is 46.9 Å². The number of rotatable bonds is 8. The van der Waals surface area contributed by atoms with E-state index in [9.17, 15) is 0 Å². The number of fused-ring (bicyclic) bond motifs is 1. The van der Waals surface area contributed by atoms with Crippen molar-refractivity contribution in [3.63, 3.8) is 0 Å². The van der Waals surface area contributed by atoms with Gasteiger partial charge in [0.25, 0.3) is 0 Å². The third-order valence-electron chi connectivity index (χ3n) is 5.91. The predicted molar refractivity (Wildman–Crippen MR) is 133 cm³/mol. The first-order valence-corrected chi connectivity index (χ1v) is 11.1. The van der Waals surface area contributed by atoms with E-state index in [1.165, 1.54) is 12.8 Å². The highest BCUT2D eigenvalue weighted by atomic mass is 15.2. The molecule has 1 aromatic carbocycles. The maximum Gasteiger partial charge on any atom is 0.143 e. The number of nitrogens with zero attached hydrogens (tertiary/aromatic N) is 4. The average molecular weight is 430 g/mol. The Balaban J connectivity index is 1.73. The Labute approximate surface area is 189 Å². The van der Waals surface area contributed by atoms with Gasteiger partial charge in [-0.15, -0.1) is 0 Å². The molecule has 7 nitrogen and oxygen atoms in total. The van der Waals surface area contributed by atoms with Crippen LogP contribution in [0.1, 0.15) is 32.3 Å². The second-order valence-corrected chi connectivity index (χ2v) is 8.26. The number of hydrogen-bond donors (Lipinski definition) is 3. The van der Waals surface area contributed by atoms with Gasteiger partial charge in [0.2, 0.25) is 0 Å². The zero-order chi connectivity index (χ0) is 22.7. The number of allylic oxidation sites excluding steroid dienone is 1. The number of pyridine rings is 1. The van der Waals surface area contributed by atoms with Gasteiger partial charge in [0.05, 0.1) is 23.3 Å². The van der Waals surface area contributed by atoms with Crippen molar-refractivity contribution in [2.45, 2.75) is 39.3 Å². The number of benzene rings is 1. The van der Waals surface area contributed by atoms with Crippen molar-refractivity contribution in [3.05, 3.63) is 60.9 Å². The summed E-state index contributed by atoms with van der Waals surface area (Å²) in [5.74, 6) is 1.79. The Bertz CT molecular complexity index is 1160. The summed E-state index contributed by atoms with van der Waals surface area (Å²) in [4.78, 5) is 12.0. The van der Waals surface area contributed by atoms with Crippen LogP contribution in [0, 0.1) is 5.41 Å². The van der Waals surface area contributed by atoms with Crippen molar-refractivity contribution in [1.82, 2.24) is 19.9 Å². The van der Waals surface area contributed by atoms with Gasteiger partial charge in [-0.1, -0.05) is 12.6 Å². The molecule has 0 amide bonds. The van der Waals surface area contributed by atoms with Crippen LogP contribution >= 0.6 is 0 Å². The summed E-state index contributed by atoms with van der Waals surface area (Å²) in [7, 11) is 0. The fourth-order valence-electron chi connectivity index (χ4n) is 4.17. The van der Waals surface area contributed by atoms with Crippen molar-refractivity contribution in [1.29, 1.82) is 5.41 Å². The quantitative estimate of drug-likeness (QED) is 0.467. The topological polar surface area (TPSA) is 95.8 Å². The summed E-state index contributed by atoms with van der Waals surface area (Å²) >= 11 is 0. The minimum atomic E-state index is 0.404. The van der Waals surface area contributed by atoms with Crippen LogP contribution in [0.2, 0.25) is 0 Å². The highest BCUT2D eigenvalue weighted by Gasteiger charge is 2.22. The van der Waals surface area contributed by atoms with Gasteiger partial charge < -0.3 is 25.9 Å². The van der Waals surface area contributed by atoms with Gasteiger partial charge in [0.1, 0.15) is 11.6 Å². The van der Waals surface area contributed by atoms with E-state index < -0.39 is 0 Å². The maximum absolute atomic E-state index is 8.43. The van der Waals surface area contributed by atoms with Gasteiger partial charge in [-0.25, -0.2) is 9.97 Å². The van der Waals surface area contributed by atoms with Crippen molar-refractivity contribution in [2.24, 2.45) is 5.73 Å². The number of imidazole rings is 1. The Morgan fingerprint density at radius 3 is 2.84 bits per heavy atom. The van der Waals surface area contributed by atoms with Crippen LogP contribution in [-0.2, 0) is 6.54 Å². The normalized spacial score (nSPS) is 16.2. The summed E-state index contributed by atoms with van der Waals surface area (Å²) in [5.41, 5.74) is 10.4. The van der Waals surface area contributed by atoms with Crippen LogP contribution in [-0.4, -0.2) is 39.4 Å². The smallest absolute Gasteiger partial charge is 0.143 e. The van der Waals surface area contributed by atoms with Crippen LogP contribution in [0.4, 0.5) is 5.82 Å². The van der Waals surface area contributed by atoms with E-state index in [1.807, 2.05) is 37.5 Å². The van der Waals surface area contributed by atoms with Gasteiger partial charge in [-0.2, -0.15) is 0 Å². The second kappa shape index (κ2) is 9.26. The summed E-state index contributed by atoms with van der Waals surface area (Å²) in [6, 6.07) is 10.6. The Morgan fingerprint density at radius 2 is 2.19 bits per heavy atom. The Morgan fingerprint density at radius 1 is 1.34 bits per heavy atom. The van der Waals surface area contributed by atoms with E-state index in [2.05, 4.69) is 40.4 Å². The molecule has 32 heavy (non-hydrogen) atoms. The van der Waals surface area contributed by atoms with E-state index >= 15 is 0 Å². The van der Waals surface area contributed by atoms with Crippen LogP contribution in [0.5, 0.6) is 0 Å². The fraction of sp³-hybridized carbons (Fsp3) is 0.320. The zero-order valence-electron chi connectivity index (χ0n) is 18.8. The predicted octanol–water partition coefficient (Wildman–Crippen LogP) is 4.16. The molecule has 3 aromatic rings. The number of aromatic nitrogens is 3.